The number of hydrogen-bond acceptors (Lipinski definition) is 3. The maximum atomic E-state index is 12.2. The van der Waals surface area contributed by atoms with Gasteiger partial charge in [-0.3, -0.25) is 4.79 Å². The summed E-state index contributed by atoms with van der Waals surface area (Å²) in [6.07, 6.45) is 1.15. The summed E-state index contributed by atoms with van der Waals surface area (Å²) < 4.78 is 5.36. The second-order valence-electron chi connectivity index (χ2n) is 6.72. The van der Waals surface area contributed by atoms with Crippen LogP contribution in [-0.2, 0) is 4.74 Å². The molecular formula is C17H23ClN2O3. The molecule has 1 saturated heterocycles. The van der Waals surface area contributed by atoms with Crippen LogP contribution in [0.15, 0.2) is 24.3 Å². The van der Waals surface area contributed by atoms with Crippen molar-refractivity contribution in [3.8, 4) is 0 Å². The van der Waals surface area contributed by atoms with Crippen molar-refractivity contribution < 1.29 is 14.3 Å². The standard InChI is InChI=1S/C17H23ClN2O3/c1-17(2,3)23-16(22)20-10-8-14(9-11-20)19-15(21)12-4-6-13(18)7-5-12/h4-7,14H,8-11H2,1-3H3,(H,19,21). The highest BCUT2D eigenvalue weighted by Gasteiger charge is 2.27. The Morgan fingerprint density at radius 3 is 2.26 bits per heavy atom. The molecule has 2 rings (SSSR count). The molecular weight excluding hydrogens is 316 g/mol. The van der Waals surface area contributed by atoms with Crippen LogP contribution in [0.5, 0.6) is 0 Å². The van der Waals surface area contributed by atoms with E-state index in [-0.39, 0.29) is 18.0 Å². The van der Waals surface area contributed by atoms with Gasteiger partial charge in [-0.15, -0.1) is 0 Å². The molecule has 1 aliphatic rings. The van der Waals surface area contributed by atoms with Gasteiger partial charge >= 0.3 is 6.09 Å². The van der Waals surface area contributed by atoms with Crippen LogP contribution in [0, 0.1) is 0 Å². The Kier molecular flexibility index (Phi) is 5.52. The van der Waals surface area contributed by atoms with Gasteiger partial charge in [0.1, 0.15) is 5.60 Å². The van der Waals surface area contributed by atoms with Crippen molar-refractivity contribution in [1.29, 1.82) is 0 Å². The third-order valence-electron chi connectivity index (χ3n) is 3.59. The minimum absolute atomic E-state index is 0.0665. The number of hydrogen-bond donors (Lipinski definition) is 1. The van der Waals surface area contributed by atoms with Gasteiger partial charge in [0.2, 0.25) is 0 Å². The Morgan fingerprint density at radius 2 is 1.74 bits per heavy atom. The van der Waals surface area contributed by atoms with E-state index in [1.54, 1.807) is 29.2 Å². The molecule has 5 nitrogen and oxygen atoms in total. The monoisotopic (exact) mass is 338 g/mol. The minimum Gasteiger partial charge on any atom is -0.444 e. The van der Waals surface area contributed by atoms with Crippen LogP contribution in [0.4, 0.5) is 4.79 Å². The third-order valence-corrected chi connectivity index (χ3v) is 3.84. The second kappa shape index (κ2) is 7.21. The number of carbonyl (C=O) groups excluding carboxylic acids is 2. The van der Waals surface area contributed by atoms with E-state index in [1.807, 2.05) is 20.8 Å². The van der Waals surface area contributed by atoms with E-state index in [9.17, 15) is 9.59 Å². The summed E-state index contributed by atoms with van der Waals surface area (Å²) in [6.45, 7) is 6.72. The van der Waals surface area contributed by atoms with Crippen molar-refractivity contribution in [2.24, 2.45) is 0 Å². The summed E-state index contributed by atoms with van der Waals surface area (Å²) in [4.78, 5) is 25.9. The summed E-state index contributed by atoms with van der Waals surface area (Å²) in [7, 11) is 0. The van der Waals surface area contributed by atoms with Gasteiger partial charge in [0.25, 0.3) is 5.91 Å². The van der Waals surface area contributed by atoms with Crippen molar-refractivity contribution >= 4 is 23.6 Å². The lowest BCUT2D eigenvalue weighted by atomic mass is 10.0. The zero-order valence-electron chi connectivity index (χ0n) is 13.8. The number of nitrogens with one attached hydrogen (secondary N) is 1. The highest BCUT2D eigenvalue weighted by molar-refractivity contribution is 6.30. The zero-order valence-corrected chi connectivity index (χ0v) is 14.5. The Morgan fingerprint density at radius 1 is 1.17 bits per heavy atom. The number of piperidine rings is 1. The van der Waals surface area contributed by atoms with Crippen LogP contribution < -0.4 is 5.32 Å². The van der Waals surface area contributed by atoms with Gasteiger partial charge in [0.15, 0.2) is 0 Å². The van der Waals surface area contributed by atoms with Crippen molar-refractivity contribution in [3.63, 3.8) is 0 Å². The van der Waals surface area contributed by atoms with Crippen molar-refractivity contribution in [2.75, 3.05) is 13.1 Å². The first-order chi connectivity index (χ1) is 10.7. The highest BCUT2D eigenvalue weighted by atomic mass is 35.5. The molecule has 0 aromatic heterocycles. The fourth-order valence-corrected chi connectivity index (χ4v) is 2.53. The summed E-state index contributed by atoms with van der Waals surface area (Å²) >= 11 is 5.82. The van der Waals surface area contributed by atoms with Crippen molar-refractivity contribution in [3.05, 3.63) is 34.9 Å². The van der Waals surface area contributed by atoms with Gasteiger partial charge in [-0.05, 0) is 57.9 Å². The van der Waals surface area contributed by atoms with E-state index < -0.39 is 5.60 Å². The number of ether oxygens (including phenoxy) is 1. The summed E-state index contributed by atoms with van der Waals surface area (Å²) in [5, 5.41) is 3.61. The molecule has 23 heavy (non-hydrogen) atoms. The average Bonchev–Trinajstić information content (AvgIpc) is 2.46. The number of carbonyl (C=O) groups is 2. The lowest BCUT2D eigenvalue weighted by Gasteiger charge is -2.33. The molecule has 1 aliphatic heterocycles. The van der Waals surface area contributed by atoms with Crippen LogP contribution >= 0.6 is 11.6 Å². The maximum Gasteiger partial charge on any atom is 0.410 e. The quantitative estimate of drug-likeness (QED) is 0.898. The lowest BCUT2D eigenvalue weighted by molar-refractivity contribution is 0.0199. The van der Waals surface area contributed by atoms with E-state index in [0.717, 1.165) is 12.8 Å². The molecule has 0 atom stereocenters. The Bertz CT molecular complexity index is 558. The maximum absolute atomic E-state index is 12.2. The predicted molar refractivity (Wildman–Crippen MR) is 89.7 cm³/mol. The smallest absolute Gasteiger partial charge is 0.410 e. The molecule has 2 amide bonds. The van der Waals surface area contributed by atoms with E-state index in [4.69, 9.17) is 16.3 Å². The van der Waals surface area contributed by atoms with E-state index in [0.29, 0.717) is 23.7 Å². The molecule has 126 valence electrons. The van der Waals surface area contributed by atoms with Crippen molar-refractivity contribution in [1.82, 2.24) is 10.2 Å². The normalized spacial score (nSPS) is 16.1. The summed E-state index contributed by atoms with van der Waals surface area (Å²) in [5.74, 6) is -0.114. The SMILES string of the molecule is CC(C)(C)OC(=O)N1CCC(NC(=O)c2ccc(Cl)cc2)CC1. The molecule has 1 heterocycles. The highest BCUT2D eigenvalue weighted by Crippen LogP contribution is 2.16. The fourth-order valence-electron chi connectivity index (χ4n) is 2.40. The molecule has 1 N–H and O–H groups in total. The predicted octanol–water partition coefficient (Wildman–Crippen LogP) is 3.47. The molecule has 6 heteroatoms. The third kappa shape index (κ3) is 5.43. The fraction of sp³-hybridized carbons (Fsp3) is 0.529. The Labute approximate surface area is 141 Å². The van der Waals surface area contributed by atoms with Crippen LogP contribution in [0.2, 0.25) is 5.02 Å². The first-order valence-electron chi connectivity index (χ1n) is 7.79. The molecule has 0 bridgehead atoms. The molecule has 1 aromatic rings. The van der Waals surface area contributed by atoms with Gasteiger partial charge in [-0.1, -0.05) is 11.6 Å². The number of benzene rings is 1. The van der Waals surface area contributed by atoms with Crippen LogP contribution in [0.1, 0.15) is 44.0 Å². The van der Waals surface area contributed by atoms with Crippen LogP contribution in [-0.4, -0.2) is 41.6 Å². The lowest BCUT2D eigenvalue weighted by Crippen LogP contribution is -2.47. The van der Waals surface area contributed by atoms with E-state index in [2.05, 4.69) is 5.32 Å². The average molecular weight is 339 g/mol. The summed E-state index contributed by atoms with van der Waals surface area (Å²) in [6, 6.07) is 6.86. The summed E-state index contributed by atoms with van der Waals surface area (Å²) in [5.41, 5.74) is 0.0977. The molecule has 0 unspecified atom stereocenters. The molecule has 0 radical (unpaired) electrons. The first-order valence-corrected chi connectivity index (χ1v) is 8.17. The zero-order chi connectivity index (χ0) is 17.0. The van der Waals surface area contributed by atoms with Gasteiger partial charge in [-0.2, -0.15) is 0 Å². The number of likely N-dealkylation sites (tertiary alicyclic amines) is 1. The molecule has 1 fully saturated rings. The van der Waals surface area contributed by atoms with E-state index in [1.165, 1.54) is 0 Å². The largest absolute Gasteiger partial charge is 0.444 e. The van der Waals surface area contributed by atoms with Gasteiger partial charge in [0.05, 0.1) is 0 Å². The topological polar surface area (TPSA) is 58.6 Å². The Balaban J connectivity index is 1.81. The minimum atomic E-state index is -0.489. The molecule has 1 aromatic carbocycles. The van der Waals surface area contributed by atoms with Gasteiger partial charge < -0.3 is 15.0 Å². The van der Waals surface area contributed by atoms with Crippen molar-refractivity contribution in [2.45, 2.75) is 45.3 Å². The van der Waals surface area contributed by atoms with E-state index >= 15 is 0 Å². The number of amides is 2. The van der Waals surface area contributed by atoms with Crippen LogP contribution in [0.25, 0.3) is 0 Å². The number of rotatable bonds is 2. The van der Waals surface area contributed by atoms with Gasteiger partial charge in [-0.25, -0.2) is 4.79 Å². The number of halogens is 1. The molecule has 0 aliphatic carbocycles. The number of nitrogens with zero attached hydrogens (tertiary/aromatic N) is 1. The first kappa shape index (κ1) is 17.6. The molecule has 0 spiro atoms. The Hall–Kier alpha value is -1.75. The second-order valence-corrected chi connectivity index (χ2v) is 7.16. The van der Waals surface area contributed by atoms with Crippen LogP contribution in [0.3, 0.4) is 0 Å². The molecule has 0 saturated carbocycles. The van der Waals surface area contributed by atoms with Gasteiger partial charge in [0, 0.05) is 29.7 Å².